The zero-order valence-electron chi connectivity index (χ0n) is 9.32. The fourth-order valence-corrected chi connectivity index (χ4v) is 1.64. The molecule has 0 spiro atoms. The minimum Gasteiger partial charge on any atom is -0.379 e. The third-order valence-corrected chi connectivity index (χ3v) is 2.57. The first-order chi connectivity index (χ1) is 7.74. The van der Waals surface area contributed by atoms with Crippen molar-refractivity contribution >= 4 is 11.7 Å². The normalized spacial score (nSPS) is 19.4. The van der Waals surface area contributed by atoms with Crippen molar-refractivity contribution < 1.29 is 9.53 Å². The summed E-state index contributed by atoms with van der Waals surface area (Å²) in [4.78, 5) is 11.6. The Bertz CT molecular complexity index is 356. The van der Waals surface area contributed by atoms with E-state index < -0.39 is 0 Å². The minimum absolute atomic E-state index is 0.144. The molecule has 0 saturated carbocycles. The highest BCUT2D eigenvalue weighted by Gasteiger charge is 2.17. The summed E-state index contributed by atoms with van der Waals surface area (Å²) in [5.41, 5.74) is 1.98. The number of aryl methyl sites for hydroxylation is 1. The highest BCUT2D eigenvalue weighted by atomic mass is 16.5. The van der Waals surface area contributed by atoms with Crippen LogP contribution in [0.3, 0.4) is 0 Å². The summed E-state index contributed by atoms with van der Waals surface area (Å²) >= 11 is 0. The van der Waals surface area contributed by atoms with Crippen molar-refractivity contribution in [2.45, 2.75) is 19.4 Å². The average molecular weight is 220 g/mol. The second-order valence-electron chi connectivity index (χ2n) is 4.03. The van der Waals surface area contributed by atoms with E-state index in [2.05, 4.69) is 10.6 Å². The van der Waals surface area contributed by atoms with E-state index in [-0.39, 0.29) is 12.1 Å². The van der Waals surface area contributed by atoms with Crippen molar-refractivity contribution in [3.63, 3.8) is 0 Å². The Balaban J connectivity index is 1.84. The number of carbonyl (C=O) groups is 1. The van der Waals surface area contributed by atoms with Crippen molar-refractivity contribution in [2.75, 3.05) is 18.5 Å². The molecule has 0 aliphatic carbocycles. The Morgan fingerprint density at radius 2 is 2.12 bits per heavy atom. The summed E-state index contributed by atoms with van der Waals surface area (Å²) in [5.74, 6) is 0. The first-order valence-corrected chi connectivity index (χ1v) is 5.46. The zero-order valence-corrected chi connectivity index (χ0v) is 9.32. The van der Waals surface area contributed by atoms with Gasteiger partial charge < -0.3 is 15.4 Å². The van der Waals surface area contributed by atoms with E-state index in [0.717, 1.165) is 18.7 Å². The summed E-state index contributed by atoms with van der Waals surface area (Å²) in [6.07, 6.45) is 0.890. The van der Waals surface area contributed by atoms with Gasteiger partial charge in [0.15, 0.2) is 0 Å². The van der Waals surface area contributed by atoms with Crippen molar-refractivity contribution in [2.24, 2.45) is 0 Å². The molecule has 1 atom stereocenters. The fourth-order valence-electron chi connectivity index (χ4n) is 1.64. The van der Waals surface area contributed by atoms with Gasteiger partial charge in [-0.3, -0.25) is 0 Å². The van der Waals surface area contributed by atoms with Gasteiger partial charge >= 0.3 is 6.03 Å². The van der Waals surface area contributed by atoms with Crippen LogP contribution in [0.5, 0.6) is 0 Å². The minimum atomic E-state index is -0.167. The standard InChI is InChI=1S/C12H16N2O2/c1-9-2-4-10(5-3-9)13-12(15)14-11-6-7-16-8-11/h2-5,11H,6-8H2,1H3,(H2,13,14,15). The molecule has 1 aliphatic heterocycles. The lowest BCUT2D eigenvalue weighted by atomic mass is 10.2. The van der Waals surface area contributed by atoms with Crippen LogP contribution < -0.4 is 10.6 Å². The number of carbonyl (C=O) groups excluding carboxylic acids is 1. The number of hydrogen-bond donors (Lipinski definition) is 2. The molecular weight excluding hydrogens is 204 g/mol. The maximum absolute atomic E-state index is 11.6. The lowest BCUT2D eigenvalue weighted by Crippen LogP contribution is -2.38. The predicted molar refractivity (Wildman–Crippen MR) is 62.6 cm³/mol. The molecule has 1 fully saturated rings. The van der Waals surface area contributed by atoms with Gasteiger partial charge in [-0.05, 0) is 25.5 Å². The molecule has 1 aromatic rings. The van der Waals surface area contributed by atoms with E-state index in [1.54, 1.807) is 0 Å². The van der Waals surface area contributed by atoms with E-state index in [1.807, 2.05) is 31.2 Å². The molecule has 4 heteroatoms. The Kier molecular flexibility index (Phi) is 3.41. The fraction of sp³-hybridized carbons (Fsp3) is 0.417. The topological polar surface area (TPSA) is 50.4 Å². The molecule has 1 saturated heterocycles. The van der Waals surface area contributed by atoms with Gasteiger partial charge in [-0.1, -0.05) is 17.7 Å². The van der Waals surface area contributed by atoms with Gasteiger partial charge in [0.1, 0.15) is 0 Å². The van der Waals surface area contributed by atoms with E-state index in [9.17, 15) is 4.79 Å². The second-order valence-corrected chi connectivity index (χ2v) is 4.03. The van der Waals surface area contributed by atoms with Gasteiger partial charge in [-0.25, -0.2) is 4.79 Å². The number of urea groups is 1. The van der Waals surface area contributed by atoms with Crippen LogP contribution in [-0.2, 0) is 4.74 Å². The van der Waals surface area contributed by atoms with Gasteiger partial charge in [-0.2, -0.15) is 0 Å². The average Bonchev–Trinajstić information content (AvgIpc) is 2.74. The number of rotatable bonds is 2. The maximum atomic E-state index is 11.6. The summed E-state index contributed by atoms with van der Waals surface area (Å²) in [5, 5.41) is 5.66. The molecule has 0 bridgehead atoms. The zero-order chi connectivity index (χ0) is 11.4. The van der Waals surface area contributed by atoms with Gasteiger partial charge in [-0.15, -0.1) is 0 Å². The van der Waals surface area contributed by atoms with Crippen LogP contribution in [-0.4, -0.2) is 25.3 Å². The lowest BCUT2D eigenvalue weighted by Gasteiger charge is -2.11. The Morgan fingerprint density at radius 3 is 2.75 bits per heavy atom. The molecule has 2 amide bonds. The van der Waals surface area contributed by atoms with Crippen molar-refractivity contribution in [1.82, 2.24) is 5.32 Å². The largest absolute Gasteiger partial charge is 0.379 e. The van der Waals surface area contributed by atoms with Crippen LogP contribution in [0, 0.1) is 6.92 Å². The van der Waals surface area contributed by atoms with Crippen LogP contribution in [0.25, 0.3) is 0 Å². The van der Waals surface area contributed by atoms with Crippen molar-refractivity contribution in [3.8, 4) is 0 Å². The van der Waals surface area contributed by atoms with Crippen LogP contribution in [0.2, 0.25) is 0 Å². The number of amides is 2. The molecule has 1 aliphatic rings. The third kappa shape index (κ3) is 2.97. The summed E-state index contributed by atoms with van der Waals surface area (Å²) < 4.78 is 5.18. The molecule has 0 radical (unpaired) electrons. The Morgan fingerprint density at radius 1 is 1.38 bits per heavy atom. The Hall–Kier alpha value is -1.55. The Labute approximate surface area is 95.0 Å². The quantitative estimate of drug-likeness (QED) is 0.799. The van der Waals surface area contributed by atoms with Crippen LogP contribution in [0.4, 0.5) is 10.5 Å². The number of benzene rings is 1. The molecule has 2 N–H and O–H groups in total. The monoisotopic (exact) mass is 220 g/mol. The van der Waals surface area contributed by atoms with Crippen LogP contribution in [0.1, 0.15) is 12.0 Å². The maximum Gasteiger partial charge on any atom is 0.319 e. The van der Waals surface area contributed by atoms with Crippen LogP contribution >= 0.6 is 0 Å². The molecule has 2 rings (SSSR count). The molecule has 86 valence electrons. The van der Waals surface area contributed by atoms with E-state index >= 15 is 0 Å². The predicted octanol–water partition coefficient (Wildman–Crippen LogP) is 1.91. The molecule has 1 aromatic carbocycles. The lowest BCUT2D eigenvalue weighted by molar-refractivity contribution is 0.189. The third-order valence-electron chi connectivity index (χ3n) is 2.57. The summed E-state index contributed by atoms with van der Waals surface area (Å²) in [7, 11) is 0. The highest BCUT2D eigenvalue weighted by molar-refractivity contribution is 5.89. The van der Waals surface area contributed by atoms with Crippen molar-refractivity contribution in [3.05, 3.63) is 29.8 Å². The van der Waals surface area contributed by atoms with Crippen LogP contribution in [0.15, 0.2) is 24.3 Å². The number of ether oxygens (including phenoxy) is 1. The van der Waals surface area contributed by atoms with Gasteiger partial charge in [0.05, 0.1) is 12.6 Å². The molecule has 1 unspecified atom stereocenters. The molecular formula is C12H16N2O2. The molecule has 1 heterocycles. The first-order valence-electron chi connectivity index (χ1n) is 5.46. The van der Waals surface area contributed by atoms with E-state index in [1.165, 1.54) is 5.56 Å². The van der Waals surface area contributed by atoms with E-state index in [4.69, 9.17) is 4.74 Å². The molecule has 0 aromatic heterocycles. The van der Waals surface area contributed by atoms with Gasteiger partial charge in [0.2, 0.25) is 0 Å². The number of hydrogen-bond acceptors (Lipinski definition) is 2. The number of anilines is 1. The number of nitrogens with one attached hydrogen (secondary N) is 2. The SMILES string of the molecule is Cc1ccc(NC(=O)NC2CCOC2)cc1. The first kappa shape index (κ1) is 11.0. The molecule has 4 nitrogen and oxygen atoms in total. The highest BCUT2D eigenvalue weighted by Crippen LogP contribution is 2.09. The van der Waals surface area contributed by atoms with Crippen molar-refractivity contribution in [1.29, 1.82) is 0 Å². The summed E-state index contributed by atoms with van der Waals surface area (Å²) in [6.45, 7) is 3.36. The smallest absolute Gasteiger partial charge is 0.319 e. The van der Waals surface area contributed by atoms with Gasteiger partial charge in [0.25, 0.3) is 0 Å². The summed E-state index contributed by atoms with van der Waals surface area (Å²) in [6, 6.07) is 7.69. The molecule has 16 heavy (non-hydrogen) atoms. The van der Waals surface area contributed by atoms with E-state index in [0.29, 0.717) is 6.61 Å². The van der Waals surface area contributed by atoms with Gasteiger partial charge in [0, 0.05) is 12.3 Å². The second kappa shape index (κ2) is 4.99.